The number of hydrogen-bond acceptors (Lipinski definition) is 4. The summed E-state index contributed by atoms with van der Waals surface area (Å²) in [5.41, 5.74) is 3.36. The molecule has 0 radical (unpaired) electrons. The first-order valence-corrected chi connectivity index (χ1v) is 9.81. The molecule has 0 aliphatic carbocycles. The van der Waals surface area contributed by atoms with Crippen LogP contribution in [-0.2, 0) is 11.3 Å². The third kappa shape index (κ3) is 3.59. The van der Waals surface area contributed by atoms with E-state index in [1.54, 1.807) is 41.1 Å². The molecule has 2 heterocycles. The van der Waals surface area contributed by atoms with Crippen LogP contribution in [0.25, 0.3) is 0 Å². The van der Waals surface area contributed by atoms with E-state index in [-0.39, 0.29) is 23.0 Å². The summed E-state index contributed by atoms with van der Waals surface area (Å²) < 4.78 is 1.78. The van der Waals surface area contributed by atoms with E-state index in [9.17, 15) is 14.4 Å². The van der Waals surface area contributed by atoms with Crippen molar-refractivity contribution in [2.24, 2.45) is 0 Å². The molecule has 0 bridgehead atoms. The number of benzene rings is 2. The van der Waals surface area contributed by atoms with Gasteiger partial charge in [-0.2, -0.15) is 5.10 Å². The van der Waals surface area contributed by atoms with E-state index in [0.29, 0.717) is 23.4 Å². The highest BCUT2D eigenvalue weighted by Crippen LogP contribution is 2.34. The smallest absolute Gasteiger partial charge is 0.266 e. The van der Waals surface area contributed by atoms with Crippen molar-refractivity contribution < 1.29 is 14.4 Å². The molecular weight excluding hydrogens is 404 g/mol. The van der Waals surface area contributed by atoms with Crippen LogP contribution in [-0.4, -0.2) is 27.5 Å². The van der Waals surface area contributed by atoms with Gasteiger partial charge in [0.15, 0.2) is 0 Å². The molecule has 0 unspecified atom stereocenters. The lowest BCUT2D eigenvalue weighted by molar-refractivity contribution is -0.116. The number of rotatable bonds is 5. The van der Waals surface area contributed by atoms with Gasteiger partial charge in [-0.1, -0.05) is 23.7 Å². The molecule has 7 nitrogen and oxygen atoms in total. The van der Waals surface area contributed by atoms with Crippen molar-refractivity contribution >= 4 is 40.7 Å². The predicted octanol–water partition coefficient (Wildman–Crippen LogP) is 3.98. The lowest BCUT2D eigenvalue weighted by Gasteiger charge is -2.16. The summed E-state index contributed by atoms with van der Waals surface area (Å²) in [5, 5.41) is 7.32. The Morgan fingerprint density at radius 3 is 2.27 bits per heavy atom. The molecule has 0 saturated carbocycles. The molecule has 0 fully saturated rings. The van der Waals surface area contributed by atoms with Crippen molar-refractivity contribution in [3.8, 4) is 0 Å². The second-order valence-electron chi connectivity index (χ2n) is 7.11. The molecule has 0 spiro atoms. The number of nitrogens with one attached hydrogen (secondary N) is 1. The Kier molecular flexibility index (Phi) is 5.13. The fourth-order valence-electron chi connectivity index (χ4n) is 3.51. The maximum Gasteiger partial charge on any atom is 0.266 e. The van der Waals surface area contributed by atoms with Gasteiger partial charge in [0, 0.05) is 24.3 Å². The minimum atomic E-state index is -0.417. The first-order valence-electron chi connectivity index (χ1n) is 9.43. The van der Waals surface area contributed by atoms with Gasteiger partial charge in [-0.15, -0.1) is 0 Å². The molecule has 4 rings (SSSR count). The highest BCUT2D eigenvalue weighted by Gasteiger charge is 2.37. The van der Waals surface area contributed by atoms with Crippen LogP contribution in [0.5, 0.6) is 0 Å². The molecular formula is C22H19ClN4O3. The van der Waals surface area contributed by atoms with E-state index in [1.165, 1.54) is 6.07 Å². The van der Waals surface area contributed by atoms with Crippen LogP contribution in [0.3, 0.4) is 0 Å². The molecule has 0 saturated heterocycles. The summed E-state index contributed by atoms with van der Waals surface area (Å²) in [6.45, 7) is 4.31. The molecule has 3 aromatic rings. The number of halogens is 1. The fraction of sp³-hybridized carbons (Fsp3) is 0.182. The van der Waals surface area contributed by atoms with Crippen LogP contribution < -0.4 is 10.2 Å². The number of nitrogens with zero attached hydrogens (tertiary/aromatic N) is 3. The number of aryl methyl sites for hydroxylation is 3. The molecule has 2 aromatic carbocycles. The molecule has 1 N–H and O–H groups in total. The monoisotopic (exact) mass is 422 g/mol. The maximum absolute atomic E-state index is 12.6. The number of imide groups is 1. The molecule has 1 aliphatic heterocycles. The van der Waals surface area contributed by atoms with Crippen molar-refractivity contribution in [2.45, 2.75) is 26.8 Å². The summed E-state index contributed by atoms with van der Waals surface area (Å²) in [7, 11) is 0. The van der Waals surface area contributed by atoms with E-state index < -0.39 is 11.8 Å². The van der Waals surface area contributed by atoms with Gasteiger partial charge in [0.1, 0.15) is 0 Å². The zero-order valence-electron chi connectivity index (χ0n) is 16.5. The minimum Gasteiger partial charge on any atom is -0.326 e. The van der Waals surface area contributed by atoms with Crippen molar-refractivity contribution in [2.75, 3.05) is 10.2 Å². The van der Waals surface area contributed by atoms with Crippen LogP contribution in [0, 0.1) is 13.8 Å². The Morgan fingerprint density at radius 1 is 1.03 bits per heavy atom. The molecule has 30 heavy (non-hydrogen) atoms. The van der Waals surface area contributed by atoms with E-state index in [4.69, 9.17) is 11.6 Å². The van der Waals surface area contributed by atoms with Gasteiger partial charge in [0.25, 0.3) is 11.8 Å². The molecule has 1 aromatic heterocycles. The van der Waals surface area contributed by atoms with Gasteiger partial charge in [0.05, 0.1) is 27.5 Å². The number of aromatic nitrogens is 2. The molecule has 152 valence electrons. The van der Waals surface area contributed by atoms with E-state index in [1.807, 2.05) is 19.9 Å². The summed E-state index contributed by atoms with van der Waals surface area (Å²) in [4.78, 5) is 38.6. The standard InChI is InChI=1S/C22H19ClN4O3/c1-13-11-14(2)26(25-13)10-9-20(28)24-15-7-8-19(18(23)12-15)27-21(29)16-5-3-4-6-17(16)22(27)30/h3-8,11-12H,9-10H2,1-2H3,(H,24,28). The van der Waals surface area contributed by atoms with Crippen LogP contribution in [0.4, 0.5) is 11.4 Å². The lowest BCUT2D eigenvalue weighted by atomic mass is 10.1. The maximum atomic E-state index is 12.6. The van der Waals surface area contributed by atoms with Crippen molar-refractivity contribution in [1.29, 1.82) is 0 Å². The first-order chi connectivity index (χ1) is 14.3. The van der Waals surface area contributed by atoms with Gasteiger partial charge in [-0.3, -0.25) is 19.1 Å². The van der Waals surface area contributed by atoms with Gasteiger partial charge in [0.2, 0.25) is 5.91 Å². The third-order valence-corrected chi connectivity index (χ3v) is 5.22. The number of amides is 3. The Labute approximate surface area is 178 Å². The molecule has 3 amide bonds. The average molecular weight is 423 g/mol. The fourth-order valence-corrected chi connectivity index (χ4v) is 3.77. The Morgan fingerprint density at radius 2 is 1.70 bits per heavy atom. The number of carbonyl (C=O) groups excluding carboxylic acids is 3. The van der Waals surface area contributed by atoms with E-state index in [2.05, 4.69) is 10.4 Å². The number of fused-ring (bicyclic) bond motifs is 1. The van der Waals surface area contributed by atoms with Gasteiger partial charge < -0.3 is 5.32 Å². The zero-order valence-corrected chi connectivity index (χ0v) is 17.2. The first kappa shape index (κ1) is 19.8. The molecule has 1 aliphatic rings. The van der Waals surface area contributed by atoms with Gasteiger partial charge >= 0.3 is 0 Å². The van der Waals surface area contributed by atoms with Gasteiger partial charge in [-0.05, 0) is 50.2 Å². The SMILES string of the molecule is Cc1cc(C)n(CCC(=O)Nc2ccc(N3C(=O)c4ccccc4C3=O)c(Cl)c2)n1. The second kappa shape index (κ2) is 7.76. The predicted molar refractivity (Wildman–Crippen MR) is 114 cm³/mol. The third-order valence-electron chi connectivity index (χ3n) is 4.92. The normalized spacial score (nSPS) is 13.0. The summed E-state index contributed by atoms with van der Waals surface area (Å²) in [6.07, 6.45) is 0.250. The van der Waals surface area contributed by atoms with Crippen molar-refractivity contribution in [3.05, 3.63) is 76.1 Å². The largest absolute Gasteiger partial charge is 0.326 e. The summed E-state index contributed by atoms with van der Waals surface area (Å²) in [6, 6.07) is 13.3. The number of anilines is 2. The topological polar surface area (TPSA) is 84.3 Å². The Balaban J connectivity index is 1.46. The highest BCUT2D eigenvalue weighted by atomic mass is 35.5. The van der Waals surface area contributed by atoms with Crippen LogP contribution in [0.1, 0.15) is 38.5 Å². The summed E-state index contributed by atoms with van der Waals surface area (Å²) in [5.74, 6) is -1.02. The van der Waals surface area contributed by atoms with E-state index in [0.717, 1.165) is 16.3 Å². The molecule has 0 atom stereocenters. The zero-order chi connectivity index (χ0) is 21.4. The Hall–Kier alpha value is -3.45. The van der Waals surface area contributed by atoms with E-state index >= 15 is 0 Å². The highest BCUT2D eigenvalue weighted by molar-refractivity contribution is 6.40. The summed E-state index contributed by atoms with van der Waals surface area (Å²) >= 11 is 6.35. The number of carbonyl (C=O) groups is 3. The van der Waals surface area contributed by atoms with Crippen LogP contribution in [0.2, 0.25) is 5.02 Å². The quantitative estimate of drug-likeness (QED) is 0.630. The van der Waals surface area contributed by atoms with Crippen molar-refractivity contribution in [3.63, 3.8) is 0 Å². The minimum absolute atomic E-state index is 0.188. The van der Waals surface area contributed by atoms with Gasteiger partial charge in [-0.25, -0.2) is 4.90 Å². The average Bonchev–Trinajstić information content (AvgIpc) is 3.16. The van der Waals surface area contributed by atoms with Crippen molar-refractivity contribution in [1.82, 2.24) is 9.78 Å². The Bertz CT molecular complexity index is 1150. The lowest BCUT2D eigenvalue weighted by Crippen LogP contribution is -2.29. The second-order valence-corrected chi connectivity index (χ2v) is 7.51. The number of hydrogen-bond donors (Lipinski definition) is 1. The van der Waals surface area contributed by atoms with Crippen LogP contribution >= 0.6 is 11.6 Å². The van der Waals surface area contributed by atoms with Crippen LogP contribution in [0.15, 0.2) is 48.5 Å². The molecule has 8 heteroatoms.